The van der Waals surface area contributed by atoms with Crippen molar-refractivity contribution in [2.45, 2.75) is 57.4 Å². The fourth-order valence-corrected chi connectivity index (χ4v) is 3.47. The molecule has 0 spiro atoms. The number of rotatable bonds is 3. The van der Waals surface area contributed by atoms with Gasteiger partial charge in [-0.1, -0.05) is 31.4 Å². The van der Waals surface area contributed by atoms with Crippen LogP contribution in [0.1, 0.15) is 51.4 Å². The van der Waals surface area contributed by atoms with Crippen LogP contribution in [0.15, 0.2) is 24.3 Å². The SMILES string of the molecule is c1ccc(N2CCCCC2)c(NC2CCCCC2)c1. The lowest BCUT2D eigenvalue weighted by Gasteiger charge is -2.32. The Labute approximate surface area is 117 Å². The molecule has 2 heteroatoms. The average Bonchev–Trinajstić information content (AvgIpc) is 2.50. The summed E-state index contributed by atoms with van der Waals surface area (Å²) in [6.07, 6.45) is 11.0. The first kappa shape index (κ1) is 12.8. The van der Waals surface area contributed by atoms with E-state index in [1.807, 2.05) is 0 Å². The Bertz CT molecular complexity index is 390. The summed E-state index contributed by atoms with van der Waals surface area (Å²) in [4.78, 5) is 2.56. The topological polar surface area (TPSA) is 15.3 Å². The number of hydrogen-bond acceptors (Lipinski definition) is 2. The fourth-order valence-electron chi connectivity index (χ4n) is 3.47. The molecule has 3 rings (SSSR count). The van der Waals surface area contributed by atoms with Crippen molar-refractivity contribution in [3.8, 4) is 0 Å². The van der Waals surface area contributed by atoms with E-state index in [0.717, 1.165) is 0 Å². The van der Waals surface area contributed by atoms with Crippen LogP contribution in [0.3, 0.4) is 0 Å². The van der Waals surface area contributed by atoms with Gasteiger partial charge < -0.3 is 10.2 Å². The molecule has 0 aromatic heterocycles. The highest BCUT2D eigenvalue weighted by Crippen LogP contribution is 2.30. The van der Waals surface area contributed by atoms with Gasteiger partial charge in [-0.3, -0.25) is 0 Å². The quantitative estimate of drug-likeness (QED) is 0.863. The van der Waals surface area contributed by atoms with Gasteiger partial charge in [-0.05, 0) is 44.2 Å². The van der Waals surface area contributed by atoms with Crippen molar-refractivity contribution >= 4 is 11.4 Å². The van der Waals surface area contributed by atoms with Gasteiger partial charge in [0, 0.05) is 19.1 Å². The second-order valence-corrected chi connectivity index (χ2v) is 6.04. The molecule has 0 bridgehead atoms. The van der Waals surface area contributed by atoms with Crippen molar-refractivity contribution in [1.29, 1.82) is 0 Å². The molecule has 0 amide bonds. The summed E-state index contributed by atoms with van der Waals surface area (Å²) in [7, 11) is 0. The third-order valence-electron chi connectivity index (χ3n) is 4.57. The zero-order chi connectivity index (χ0) is 12.9. The van der Waals surface area contributed by atoms with E-state index < -0.39 is 0 Å². The number of para-hydroxylation sites is 2. The highest BCUT2D eigenvalue weighted by atomic mass is 15.1. The van der Waals surface area contributed by atoms with Gasteiger partial charge in [-0.25, -0.2) is 0 Å². The van der Waals surface area contributed by atoms with Crippen LogP contribution < -0.4 is 10.2 Å². The first-order valence-electron chi connectivity index (χ1n) is 8.04. The number of piperidine rings is 1. The molecule has 0 atom stereocenters. The molecule has 1 heterocycles. The van der Waals surface area contributed by atoms with Gasteiger partial charge in [0.25, 0.3) is 0 Å². The lowest BCUT2D eigenvalue weighted by atomic mass is 9.95. The number of nitrogens with zero attached hydrogens (tertiary/aromatic N) is 1. The lowest BCUT2D eigenvalue weighted by molar-refractivity contribution is 0.462. The summed E-state index contributed by atoms with van der Waals surface area (Å²) < 4.78 is 0. The van der Waals surface area contributed by atoms with E-state index in [2.05, 4.69) is 34.5 Å². The zero-order valence-corrected chi connectivity index (χ0v) is 11.9. The van der Waals surface area contributed by atoms with Gasteiger partial charge in [0.2, 0.25) is 0 Å². The molecule has 1 N–H and O–H groups in total. The molecule has 1 aromatic rings. The van der Waals surface area contributed by atoms with E-state index in [-0.39, 0.29) is 0 Å². The van der Waals surface area contributed by atoms with Crippen LogP contribution in [0.25, 0.3) is 0 Å². The van der Waals surface area contributed by atoms with Crippen LogP contribution in [0.5, 0.6) is 0 Å². The van der Waals surface area contributed by atoms with Crippen molar-refractivity contribution in [2.75, 3.05) is 23.3 Å². The summed E-state index contributed by atoms with van der Waals surface area (Å²) in [6, 6.07) is 9.59. The number of benzene rings is 1. The summed E-state index contributed by atoms with van der Waals surface area (Å²) in [5.74, 6) is 0. The minimum Gasteiger partial charge on any atom is -0.381 e. The Morgan fingerprint density at radius 2 is 1.53 bits per heavy atom. The van der Waals surface area contributed by atoms with Gasteiger partial charge in [-0.2, -0.15) is 0 Å². The zero-order valence-electron chi connectivity index (χ0n) is 11.9. The van der Waals surface area contributed by atoms with E-state index in [4.69, 9.17) is 0 Å². The molecule has 1 saturated heterocycles. The van der Waals surface area contributed by atoms with E-state index in [9.17, 15) is 0 Å². The molecule has 2 nitrogen and oxygen atoms in total. The predicted octanol–water partition coefficient (Wildman–Crippen LogP) is 4.42. The van der Waals surface area contributed by atoms with Crippen LogP contribution in [0.2, 0.25) is 0 Å². The third kappa shape index (κ3) is 3.23. The Balaban J connectivity index is 1.72. The standard InChI is InChI=1S/C17H26N2/c1-3-9-15(10-4-1)18-16-11-5-6-12-17(16)19-13-7-2-8-14-19/h5-6,11-12,15,18H,1-4,7-10,13-14H2. The Morgan fingerprint density at radius 3 is 2.32 bits per heavy atom. The number of anilines is 2. The van der Waals surface area contributed by atoms with E-state index in [0.29, 0.717) is 6.04 Å². The molecule has 1 aromatic carbocycles. The minimum atomic E-state index is 0.694. The molecule has 104 valence electrons. The van der Waals surface area contributed by atoms with Crippen LogP contribution in [-0.2, 0) is 0 Å². The summed E-state index contributed by atoms with van der Waals surface area (Å²) in [5.41, 5.74) is 2.78. The minimum absolute atomic E-state index is 0.694. The lowest BCUT2D eigenvalue weighted by Crippen LogP contribution is -2.31. The maximum absolute atomic E-state index is 3.81. The molecule has 1 aliphatic carbocycles. The molecule has 2 fully saturated rings. The second-order valence-electron chi connectivity index (χ2n) is 6.04. The Morgan fingerprint density at radius 1 is 0.842 bits per heavy atom. The largest absolute Gasteiger partial charge is 0.381 e. The highest BCUT2D eigenvalue weighted by Gasteiger charge is 2.17. The Hall–Kier alpha value is -1.18. The van der Waals surface area contributed by atoms with Gasteiger partial charge in [-0.15, -0.1) is 0 Å². The first-order valence-corrected chi connectivity index (χ1v) is 8.04. The molecule has 1 saturated carbocycles. The molecule has 2 aliphatic rings. The van der Waals surface area contributed by atoms with Crippen molar-refractivity contribution in [3.63, 3.8) is 0 Å². The maximum Gasteiger partial charge on any atom is 0.0602 e. The van der Waals surface area contributed by atoms with Gasteiger partial charge >= 0.3 is 0 Å². The molecule has 0 unspecified atom stereocenters. The van der Waals surface area contributed by atoms with Crippen LogP contribution in [0.4, 0.5) is 11.4 Å². The predicted molar refractivity (Wildman–Crippen MR) is 83.0 cm³/mol. The number of hydrogen-bond donors (Lipinski definition) is 1. The average molecular weight is 258 g/mol. The van der Waals surface area contributed by atoms with Gasteiger partial charge in [0.15, 0.2) is 0 Å². The summed E-state index contributed by atoms with van der Waals surface area (Å²) in [5, 5.41) is 3.81. The van der Waals surface area contributed by atoms with E-state index >= 15 is 0 Å². The van der Waals surface area contributed by atoms with Crippen molar-refractivity contribution in [1.82, 2.24) is 0 Å². The van der Waals surface area contributed by atoms with E-state index in [1.165, 1.54) is 75.8 Å². The van der Waals surface area contributed by atoms with Crippen LogP contribution >= 0.6 is 0 Å². The molecular formula is C17H26N2. The third-order valence-corrected chi connectivity index (χ3v) is 4.57. The molecule has 0 radical (unpaired) electrons. The smallest absolute Gasteiger partial charge is 0.0602 e. The van der Waals surface area contributed by atoms with Gasteiger partial charge in [0.05, 0.1) is 11.4 Å². The van der Waals surface area contributed by atoms with Crippen molar-refractivity contribution in [3.05, 3.63) is 24.3 Å². The molecule has 1 aliphatic heterocycles. The van der Waals surface area contributed by atoms with Crippen LogP contribution in [-0.4, -0.2) is 19.1 Å². The monoisotopic (exact) mass is 258 g/mol. The summed E-state index contributed by atoms with van der Waals surface area (Å²) >= 11 is 0. The fraction of sp³-hybridized carbons (Fsp3) is 0.647. The van der Waals surface area contributed by atoms with Gasteiger partial charge in [0.1, 0.15) is 0 Å². The molecular weight excluding hydrogens is 232 g/mol. The Kier molecular flexibility index (Phi) is 4.27. The van der Waals surface area contributed by atoms with Crippen LogP contribution in [0, 0.1) is 0 Å². The first-order chi connectivity index (χ1) is 9.43. The number of nitrogens with one attached hydrogen (secondary N) is 1. The van der Waals surface area contributed by atoms with Crippen molar-refractivity contribution in [2.24, 2.45) is 0 Å². The normalized spacial score (nSPS) is 21.4. The second kappa shape index (κ2) is 6.31. The van der Waals surface area contributed by atoms with E-state index in [1.54, 1.807) is 0 Å². The maximum atomic E-state index is 3.81. The summed E-state index contributed by atoms with van der Waals surface area (Å²) in [6.45, 7) is 2.45. The molecule has 19 heavy (non-hydrogen) atoms. The highest BCUT2D eigenvalue weighted by molar-refractivity contribution is 5.70. The van der Waals surface area contributed by atoms with Crippen molar-refractivity contribution < 1.29 is 0 Å².